The van der Waals surface area contributed by atoms with Gasteiger partial charge in [-0.15, -0.1) is 0 Å². The highest BCUT2D eigenvalue weighted by Crippen LogP contribution is 2.32. The first kappa shape index (κ1) is 14.5. The summed E-state index contributed by atoms with van der Waals surface area (Å²) in [7, 11) is 0. The molecular weight excluding hydrogens is 276 g/mol. The Morgan fingerprint density at radius 3 is 2.45 bits per heavy atom. The average molecular weight is 291 g/mol. The summed E-state index contributed by atoms with van der Waals surface area (Å²) < 4.78 is 0. The summed E-state index contributed by atoms with van der Waals surface area (Å²) in [6.07, 6.45) is 1.24. The van der Waals surface area contributed by atoms with Crippen LogP contribution >= 0.6 is 11.6 Å². The molecule has 0 aliphatic rings. The summed E-state index contributed by atoms with van der Waals surface area (Å²) in [5.74, 6) is -1.08. The van der Waals surface area contributed by atoms with Gasteiger partial charge in [-0.3, -0.25) is 0 Å². The van der Waals surface area contributed by atoms with E-state index < -0.39 is 5.97 Å². The molecule has 0 saturated heterocycles. The Bertz CT molecular complexity index is 663. The van der Waals surface area contributed by atoms with Crippen molar-refractivity contribution in [1.29, 1.82) is 0 Å². The van der Waals surface area contributed by atoms with Gasteiger partial charge in [0.05, 0.1) is 5.69 Å². The van der Waals surface area contributed by atoms with Gasteiger partial charge in [-0.1, -0.05) is 44.5 Å². The molecule has 0 radical (unpaired) electrons. The molecule has 0 unspecified atom stereocenters. The fourth-order valence-corrected chi connectivity index (χ4v) is 2.38. The van der Waals surface area contributed by atoms with E-state index in [-0.39, 0.29) is 11.1 Å². The average Bonchev–Trinajstić information content (AvgIpc) is 2.37. The van der Waals surface area contributed by atoms with Gasteiger partial charge < -0.3 is 5.11 Å². The van der Waals surface area contributed by atoms with Gasteiger partial charge in [0.1, 0.15) is 6.33 Å². The summed E-state index contributed by atoms with van der Waals surface area (Å²) in [4.78, 5) is 18.7. The van der Waals surface area contributed by atoms with E-state index in [0.29, 0.717) is 10.7 Å². The van der Waals surface area contributed by atoms with E-state index in [1.807, 2.05) is 12.1 Å². The number of benzene rings is 1. The molecule has 0 spiro atoms. The summed E-state index contributed by atoms with van der Waals surface area (Å²) in [5, 5.41) is 9.59. The zero-order chi connectivity index (χ0) is 14.9. The van der Waals surface area contributed by atoms with E-state index in [2.05, 4.69) is 30.7 Å². The van der Waals surface area contributed by atoms with Gasteiger partial charge in [-0.2, -0.15) is 0 Å². The molecule has 1 N–H and O–H groups in total. The minimum absolute atomic E-state index is 0.0361. The van der Waals surface area contributed by atoms with Crippen LogP contribution < -0.4 is 0 Å². The molecule has 0 saturated carbocycles. The van der Waals surface area contributed by atoms with Crippen molar-refractivity contribution < 1.29 is 9.90 Å². The SMILES string of the molecule is CC(C)(C)c1ccc(-c2cc(C(=O)O)ncn2)cc1Cl. The molecule has 0 aliphatic heterocycles. The van der Waals surface area contributed by atoms with Crippen molar-refractivity contribution >= 4 is 17.6 Å². The minimum Gasteiger partial charge on any atom is -0.477 e. The van der Waals surface area contributed by atoms with Crippen molar-refractivity contribution in [3.63, 3.8) is 0 Å². The molecule has 0 bridgehead atoms. The highest BCUT2D eigenvalue weighted by molar-refractivity contribution is 6.31. The number of carboxylic acids is 1. The maximum absolute atomic E-state index is 10.9. The van der Waals surface area contributed by atoms with Crippen molar-refractivity contribution in [2.24, 2.45) is 0 Å². The summed E-state index contributed by atoms with van der Waals surface area (Å²) in [5.41, 5.74) is 2.27. The Morgan fingerprint density at radius 2 is 1.90 bits per heavy atom. The zero-order valence-corrected chi connectivity index (χ0v) is 12.3. The van der Waals surface area contributed by atoms with Crippen LogP contribution in [0, 0.1) is 0 Å². The molecule has 4 nitrogen and oxygen atoms in total. The topological polar surface area (TPSA) is 63.1 Å². The number of hydrogen-bond donors (Lipinski definition) is 1. The lowest BCUT2D eigenvalue weighted by molar-refractivity contribution is 0.0690. The van der Waals surface area contributed by atoms with E-state index >= 15 is 0 Å². The van der Waals surface area contributed by atoms with Crippen LogP contribution in [0.1, 0.15) is 36.8 Å². The Morgan fingerprint density at radius 1 is 1.20 bits per heavy atom. The quantitative estimate of drug-likeness (QED) is 0.914. The third-order valence-electron chi connectivity index (χ3n) is 2.96. The molecule has 2 aromatic rings. The predicted octanol–water partition coefficient (Wildman–Crippen LogP) is 3.79. The molecule has 0 fully saturated rings. The van der Waals surface area contributed by atoms with Gasteiger partial charge in [-0.25, -0.2) is 14.8 Å². The minimum atomic E-state index is -1.08. The second kappa shape index (κ2) is 5.21. The number of nitrogens with zero attached hydrogens (tertiary/aromatic N) is 2. The standard InChI is InChI=1S/C15H15ClN2O2/c1-15(2,3)10-5-4-9(6-11(10)16)12-7-13(14(19)20)18-8-17-12/h4-8H,1-3H3,(H,19,20). The predicted molar refractivity (Wildman–Crippen MR) is 78.1 cm³/mol. The fourth-order valence-electron chi connectivity index (χ4n) is 1.91. The molecule has 1 aromatic carbocycles. The molecule has 0 atom stereocenters. The fraction of sp³-hybridized carbons (Fsp3) is 0.267. The van der Waals surface area contributed by atoms with E-state index in [0.717, 1.165) is 11.1 Å². The number of aromatic nitrogens is 2. The first-order chi connectivity index (χ1) is 9.29. The van der Waals surface area contributed by atoms with Crippen LogP contribution in [0.2, 0.25) is 5.02 Å². The van der Waals surface area contributed by atoms with Crippen molar-refractivity contribution in [3.8, 4) is 11.3 Å². The van der Waals surface area contributed by atoms with Crippen LogP contribution in [0.15, 0.2) is 30.6 Å². The van der Waals surface area contributed by atoms with Crippen LogP contribution in [-0.4, -0.2) is 21.0 Å². The third-order valence-corrected chi connectivity index (χ3v) is 3.27. The van der Waals surface area contributed by atoms with Crippen LogP contribution in [0.3, 0.4) is 0 Å². The molecule has 2 rings (SSSR count). The highest BCUT2D eigenvalue weighted by atomic mass is 35.5. The third kappa shape index (κ3) is 2.96. The second-order valence-corrected chi connectivity index (χ2v) is 5.95. The molecule has 0 aliphatic carbocycles. The molecule has 104 valence electrons. The van der Waals surface area contributed by atoms with Gasteiger partial charge in [0.2, 0.25) is 0 Å². The van der Waals surface area contributed by atoms with Crippen molar-refractivity contribution in [3.05, 3.63) is 46.9 Å². The second-order valence-electron chi connectivity index (χ2n) is 5.54. The van der Waals surface area contributed by atoms with Gasteiger partial charge in [0, 0.05) is 10.6 Å². The van der Waals surface area contributed by atoms with E-state index in [1.165, 1.54) is 12.4 Å². The summed E-state index contributed by atoms with van der Waals surface area (Å²) >= 11 is 6.31. The lowest BCUT2D eigenvalue weighted by Crippen LogP contribution is -2.11. The van der Waals surface area contributed by atoms with E-state index in [4.69, 9.17) is 16.7 Å². The number of hydrogen-bond acceptors (Lipinski definition) is 3. The maximum Gasteiger partial charge on any atom is 0.354 e. The molecule has 0 amide bonds. The molecule has 20 heavy (non-hydrogen) atoms. The van der Waals surface area contributed by atoms with Crippen molar-refractivity contribution in [2.45, 2.75) is 26.2 Å². The molecular formula is C15H15ClN2O2. The summed E-state index contributed by atoms with van der Waals surface area (Å²) in [6.45, 7) is 6.25. The van der Waals surface area contributed by atoms with Gasteiger partial charge in [0.15, 0.2) is 5.69 Å². The van der Waals surface area contributed by atoms with Crippen LogP contribution in [0.5, 0.6) is 0 Å². The Kier molecular flexibility index (Phi) is 3.77. The zero-order valence-electron chi connectivity index (χ0n) is 11.5. The van der Waals surface area contributed by atoms with Gasteiger partial charge >= 0.3 is 5.97 Å². The Hall–Kier alpha value is -1.94. The monoisotopic (exact) mass is 290 g/mol. The number of rotatable bonds is 2. The maximum atomic E-state index is 10.9. The number of carbonyl (C=O) groups is 1. The lowest BCUT2D eigenvalue weighted by Gasteiger charge is -2.21. The summed E-state index contributed by atoms with van der Waals surface area (Å²) in [6, 6.07) is 7.07. The number of aromatic carboxylic acids is 1. The molecule has 1 heterocycles. The number of halogens is 1. The first-order valence-electron chi connectivity index (χ1n) is 6.15. The van der Waals surface area contributed by atoms with Gasteiger partial charge in [-0.05, 0) is 23.1 Å². The van der Waals surface area contributed by atoms with Crippen LogP contribution in [0.4, 0.5) is 0 Å². The van der Waals surface area contributed by atoms with E-state index in [9.17, 15) is 4.79 Å². The number of carboxylic acid groups (broad SMARTS) is 1. The molecule has 5 heteroatoms. The molecule has 1 aromatic heterocycles. The van der Waals surface area contributed by atoms with E-state index in [1.54, 1.807) is 6.07 Å². The van der Waals surface area contributed by atoms with Crippen molar-refractivity contribution in [2.75, 3.05) is 0 Å². The normalized spacial score (nSPS) is 11.4. The Balaban J connectivity index is 2.47. The Labute approximate surface area is 122 Å². The lowest BCUT2D eigenvalue weighted by atomic mass is 9.86. The highest BCUT2D eigenvalue weighted by Gasteiger charge is 2.18. The van der Waals surface area contributed by atoms with Crippen LogP contribution in [-0.2, 0) is 5.41 Å². The largest absolute Gasteiger partial charge is 0.477 e. The van der Waals surface area contributed by atoms with Crippen molar-refractivity contribution in [1.82, 2.24) is 9.97 Å². The van der Waals surface area contributed by atoms with Crippen LogP contribution in [0.25, 0.3) is 11.3 Å². The van der Waals surface area contributed by atoms with Gasteiger partial charge in [0.25, 0.3) is 0 Å². The smallest absolute Gasteiger partial charge is 0.354 e. The first-order valence-corrected chi connectivity index (χ1v) is 6.52.